The van der Waals surface area contributed by atoms with Crippen molar-refractivity contribution in [2.24, 2.45) is 5.92 Å². The Morgan fingerprint density at radius 3 is 2.77 bits per heavy atom. The average Bonchev–Trinajstić information content (AvgIpc) is 3.33. The van der Waals surface area contributed by atoms with Gasteiger partial charge in [-0.3, -0.25) is 9.59 Å². The summed E-state index contributed by atoms with van der Waals surface area (Å²) >= 11 is 0. The number of methoxy groups -OCH3 is 1. The van der Waals surface area contributed by atoms with Gasteiger partial charge in [0, 0.05) is 19.7 Å². The second kappa shape index (κ2) is 8.47. The molecule has 0 spiro atoms. The summed E-state index contributed by atoms with van der Waals surface area (Å²) in [4.78, 5) is 27.2. The smallest absolute Gasteiger partial charge is 0.255 e. The van der Waals surface area contributed by atoms with Gasteiger partial charge in [-0.1, -0.05) is 6.07 Å². The van der Waals surface area contributed by atoms with E-state index in [2.05, 4.69) is 20.7 Å². The Balaban J connectivity index is 1.58. The van der Waals surface area contributed by atoms with E-state index < -0.39 is 5.92 Å². The minimum atomic E-state index is -0.392. The van der Waals surface area contributed by atoms with Crippen molar-refractivity contribution in [2.75, 3.05) is 33.1 Å². The predicted octanol–water partition coefficient (Wildman–Crippen LogP) is 2.37. The Morgan fingerprint density at radius 1 is 1.23 bits per heavy atom. The lowest BCUT2D eigenvalue weighted by atomic mass is 9.95. The number of ether oxygens (including phenoxy) is 2. The van der Waals surface area contributed by atoms with Crippen LogP contribution in [0.3, 0.4) is 0 Å². The highest BCUT2D eigenvalue weighted by atomic mass is 16.5. The number of H-pyrrole nitrogens is 1. The molecule has 0 saturated heterocycles. The van der Waals surface area contributed by atoms with Crippen LogP contribution in [0.5, 0.6) is 11.5 Å². The standard InChI is InChI=1S/C22H23N5O4/c1-27(2)22(29)17-10-13(19-11-23-26-25-19)4-6-18(17)24-21(28)15-8-14-9-16(30-3)5-7-20(14)31-12-15/h4-7,9-11,15H,8,12H2,1-3H3,(H,24,28)(H,23,25,26). The van der Waals surface area contributed by atoms with Crippen molar-refractivity contribution >= 4 is 17.5 Å². The third-order valence-electron chi connectivity index (χ3n) is 5.17. The second-order valence-electron chi connectivity index (χ2n) is 7.49. The Labute approximate surface area is 179 Å². The van der Waals surface area contributed by atoms with Crippen LogP contribution in [0.15, 0.2) is 42.6 Å². The number of nitrogens with zero attached hydrogens (tertiary/aromatic N) is 3. The van der Waals surface area contributed by atoms with Gasteiger partial charge in [-0.2, -0.15) is 15.4 Å². The van der Waals surface area contributed by atoms with E-state index in [1.807, 2.05) is 18.2 Å². The highest BCUT2D eigenvalue weighted by Crippen LogP contribution is 2.32. The van der Waals surface area contributed by atoms with Crippen molar-refractivity contribution in [2.45, 2.75) is 6.42 Å². The largest absolute Gasteiger partial charge is 0.497 e. The maximum absolute atomic E-state index is 13.0. The Hall–Kier alpha value is -3.88. The lowest BCUT2D eigenvalue weighted by Gasteiger charge is -2.25. The topological polar surface area (TPSA) is 109 Å². The summed E-state index contributed by atoms with van der Waals surface area (Å²) in [5.41, 5.74) is 3.05. The van der Waals surface area contributed by atoms with Gasteiger partial charge in [0.2, 0.25) is 5.91 Å². The number of nitrogens with one attached hydrogen (secondary N) is 2. The zero-order valence-electron chi connectivity index (χ0n) is 17.5. The summed E-state index contributed by atoms with van der Waals surface area (Å²) in [7, 11) is 4.92. The van der Waals surface area contributed by atoms with Crippen LogP contribution in [-0.2, 0) is 11.2 Å². The summed E-state index contributed by atoms with van der Waals surface area (Å²) in [6.45, 7) is 0.263. The van der Waals surface area contributed by atoms with Gasteiger partial charge in [0.15, 0.2) is 0 Å². The summed E-state index contributed by atoms with van der Waals surface area (Å²) in [5, 5.41) is 13.3. The molecule has 0 aliphatic carbocycles. The molecule has 1 aromatic heterocycles. The molecule has 0 bridgehead atoms. The predicted molar refractivity (Wildman–Crippen MR) is 114 cm³/mol. The van der Waals surface area contributed by atoms with Gasteiger partial charge in [0.05, 0.1) is 30.5 Å². The maximum atomic E-state index is 13.0. The number of benzene rings is 2. The molecular weight excluding hydrogens is 398 g/mol. The zero-order chi connectivity index (χ0) is 22.0. The van der Waals surface area contributed by atoms with Crippen molar-refractivity contribution in [1.82, 2.24) is 20.3 Å². The summed E-state index contributed by atoms with van der Waals surface area (Å²) in [5.74, 6) is 0.638. The molecule has 2 amide bonds. The van der Waals surface area contributed by atoms with Crippen LogP contribution >= 0.6 is 0 Å². The lowest BCUT2D eigenvalue weighted by molar-refractivity contribution is -0.121. The van der Waals surface area contributed by atoms with Gasteiger partial charge in [-0.15, -0.1) is 0 Å². The van der Waals surface area contributed by atoms with E-state index >= 15 is 0 Å². The first-order valence-electron chi connectivity index (χ1n) is 9.78. The second-order valence-corrected chi connectivity index (χ2v) is 7.49. The number of hydrogen-bond donors (Lipinski definition) is 2. The van der Waals surface area contributed by atoms with Gasteiger partial charge in [-0.25, -0.2) is 0 Å². The van der Waals surface area contributed by atoms with Crippen molar-refractivity contribution in [3.05, 3.63) is 53.7 Å². The van der Waals surface area contributed by atoms with Crippen LogP contribution in [0.25, 0.3) is 11.3 Å². The highest BCUT2D eigenvalue weighted by Gasteiger charge is 2.28. The first-order chi connectivity index (χ1) is 15.0. The zero-order valence-corrected chi connectivity index (χ0v) is 17.5. The van der Waals surface area contributed by atoms with E-state index in [1.54, 1.807) is 45.6 Å². The van der Waals surface area contributed by atoms with E-state index in [-0.39, 0.29) is 18.4 Å². The van der Waals surface area contributed by atoms with E-state index in [0.29, 0.717) is 29.1 Å². The molecule has 1 atom stereocenters. The number of aromatic amines is 1. The molecule has 31 heavy (non-hydrogen) atoms. The summed E-state index contributed by atoms with van der Waals surface area (Å²) in [6, 6.07) is 10.8. The third-order valence-corrected chi connectivity index (χ3v) is 5.17. The summed E-state index contributed by atoms with van der Waals surface area (Å²) < 4.78 is 11.0. The minimum absolute atomic E-state index is 0.213. The minimum Gasteiger partial charge on any atom is -0.497 e. The van der Waals surface area contributed by atoms with E-state index in [0.717, 1.165) is 16.9 Å². The fourth-order valence-corrected chi connectivity index (χ4v) is 3.47. The van der Waals surface area contributed by atoms with Crippen LogP contribution in [-0.4, -0.2) is 59.9 Å². The maximum Gasteiger partial charge on any atom is 0.255 e. The number of carbonyl (C=O) groups is 2. The first-order valence-corrected chi connectivity index (χ1v) is 9.78. The van der Waals surface area contributed by atoms with Gasteiger partial charge < -0.3 is 19.7 Å². The van der Waals surface area contributed by atoms with E-state index in [1.165, 1.54) is 4.90 Å². The fraction of sp³-hybridized carbons (Fsp3) is 0.273. The van der Waals surface area contributed by atoms with Crippen LogP contribution in [0.2, 0.25) is 0 Å². The highest BCUT2D eigenvalue weighted by molar-refractivity contribution is 6.05. The number of amides is 2. The number of aromatic nitrogens is 3. The molecule has 9 heteroatoms. The molecule has 1 unspecified atom stereocenters. The van der Waals surface area contributed by atoms with Crippen LogP contribution in [0.1, 0.15) is 15.9 Å². The first kappa shape index (κ1) is 20.4. The number of fused-ring (bicyclic) bond motifs is 1. The van der Waals surface area contributed by atoms with Gasteiger partial charge in [-0.05, 0) is 42.3 Å². The molecule has 0 fully saturated rings. The molecule has 1 aliphatic heterocycles. The van der Waals surface area contributed by atoms with Crippen LogP contribution in [0.4, 0.5) is 5.69 Å². The number of rotatable bonds is 5. The molecule has 2 N–H and O–H groups in total. The van der Waals surface area contributed by atoms with Crippen LogP contribution in [0, 0.1) is 5.92 Å². The molecule has 0 saturated carbocycles. The lowest BCUT2D eigenvalue weighted by Crippen LogP contribution is -2.33. The summed E-state index contributed by atoms with van der Waals surface area (Å²) in [6.07, 6.45) is 2.09. The molecule has 2 aromatic carbocycles. The fourth-order valence-electron chi connectivity index (χ4n) is 3.47. The Bertz CT molecular complexity index is 1110. The van der Waals surface area contributed by atoms with Gasteiger partial charge >= 0.3 is 0 Å². The number of anilines is 1. The van der Waals surface area contributed by atoms with Crippen molar-refractivity contribution < 1.29 is 19.1 Å². The van der Waals surface area contributed by atoms with Gasteiger partial charge in [0.1, 0.15) is 23.8 Å². The Morgan fingerprint density at radius 2 is 2.06 bits per heavy atom. The van der Waals surface area contributed by atoms with E-state index in [4.69, 9.17) is 9.47 Å². The molecule has 9 nitrogen and oxygen atoms in total. The average molecular weight is 421 g/mol. The molecule has 1 aliphatic rings. The molecule has 0 radical (unpaired) electrons. The normalized spacial score (nSPS) is 14.9. The monoisotopic (exact) mass is 421 g/mol. The molecule has 160 valence electrons. The van der Waals surface area contributed by atoms with Crippen molar-refractivity contribution in [1.29, 1.82) is 0 Å². The molecule has 3 aromatic rings. The third kappa shape index (κ3) is 4.20. The van der Waals surface area contributed by atoms with Crippen LogP contribution < -0.4 is 14.8 Å². The quantitative estimate of drug-likeness (QED) is 0.655. The van der Waals surface area contributed by atoms with Crippen molar-refractivity contribution in [3.63, 3.8) is 0 Å². The number of hydrogen-bond acceptors (Lipinski definition) is 6. The molecule has 4 rings (SSSR count). The molecule has 2 heterocycles. The number of carbonyl (C=O) groups excluding carboxylic acids is 2. The Kier molecular flexibility index (Phi) is 5.57. The molecular formula is C22H23N5O4. The van der Waals surface area contributed by atoms with E-state index in [9.17, 15) is 9.59 Å². The van der Waals surface area contributed by atoms with Gasteiger partial charge in [0.25, 0.3) is 5.91 Å². The SMILES string of the molecule is COc1ccc2c(c1)CC(C(=O)Nc1ccc(-c3cn[nH]n3)cc1C(=O)N(C)C)CO2. The van der Waals surface area contributed by atoms with Crippen molar-refractivity contribution in [3.8, 4) is 22.8 Å².